The summed E-state index contributed by atoms with van der Waals surface area (Å²) >= 11 is 0. The Morgan fingerprint density at radius 2 is 1.67 bits per heavy atom. The van der Waals surface area contributed by atoms with Crippen molar-refractivity contribution in [3.63, 3.8) is 0 Å². The number of hydrogen-bond donors (Lipinski definition) is 0. The maximum atomic E-state index is 12.3. The van der Waals surface area contributed by atoms with E-state index in [1.807, 2.05) is 31.2 Å². The molecular formula is C24H30N2O4. The van der Waals surface area contributed by atoms with Crippen LogP contribution in [0.4, 0.5) is 0 Å². The molecule has 1 amide bonds. The first-order chi connectivity index (χ1) is 14.5. The molecule has 1 aliphatic heterocycles. The van der Waals surface area contributed by atoms with Crippen molar-refractivity contribution in [1.82, 2.24) is 9.80 Å². The SMILES string of the molecule is Cc1ccc(OCCC(=O)OCC(=O)N2CCN(Cc3cccc(C)c3)CC2)cc1. The number of esters is 1. The van der Waals surface area contributed by atoms with Gasteiger partial charge >= 0.3 is 5.97 Å². The van der Waals surface area contributed by atoms with Crippen molar-refractivity contribution in [3.05, 3.63) is 65.2 Å². The molecular weight excluding hydrogens is 380 g/mol. The van der Waals surface area contributed by atoms with Crippen molar-refractivity contribution in [1.29, 1.82) is 0 Å². The summed E-state index contributed by atoms with van der Waals surface area (Å²) in [5.41, 5.74) is 3.69. The van der Waals surface area contributed by atoms with E-state index in [9.17, 15) is 9.59 Å². The van der Waals surface area contributed by atoms with Crippen LogP contribution in [0.2, 0.25) is 0 Å². The van der Waals surface area contributed by atoms with Crippen LogP contribution < -0.4 is 4.74 Å². The Labute approximate surface area is 178 Å². The Morgan fingerprint density at radius 3 is 2.37 bits per heavy atom. The molecule has 1 fully saturated rings. The number of carbonyl (C=O) groups excluding carboxylic acids is 2. The monoisotopic (exact) mass is 410 g/mol. The highest BCUT2D eigenvalue weighted by Crippen LogP contribution is 2.12. The summed E-state index contributed by atoms with van der Waals surface area (Å²) in [7, 11) is 0. The van der Waals surface area contributed by atoms with Gasteiger partial charge in [0.15, 0.2) is 6.61 Å². The standard InChI is InChI=1S/C24H30N2O4/c1-19-6-8-22(9-7-19)29-15-10-24(28)30-18-23(27)26-13-11-25(12-14-26)17-21-5-3-4-20(2)16-21/h3-9,16H,10-15,17-18H2,1-2H3. The van der Waals surface area contributed by atoms with Crippen molar-refractivity contribution in [2.45, 2.75) is 26.8 Å². The summed E-state index contributed by atoms with van der Waals surface area (Å²) in [5, 5.41) is 0. The van der Waals surface area contributed by atoms with Crippen LogP contribution in [-0.4, -0.2) is 61.1 Å². The van der Waals surface area contributed by atoms with Gasteiger partial charge in [0.2, 0.25) is 0 Å². The van der Waals surface area contributed by atoms with Crippen LogP contribution in [0.25, 0.3) is 0 Å². The van der Waals surface area contributed by atoms with E-state index >= 15 is 0 Å². The molecule has 1 aliphatic rings. The first-order valence-corrected chi connectivity index (χ1v) is 10.4. The Kier molecular flexibility index (Phi) is 7.85. The Hall–Kier alpha value is -2.86. The number of aryl methyl sites for hydroxylation is 2. The summed E-state index contributed by atoms with van der Waals surface area (Å²) in [6, 6.07) is 16.1. The Balaban J connectivity index is 1.31. The number of nitrogens with zero attached hydrogens (tertiary/aromatic N) is 2. The summed E-state index contributed by atoms with van der Waals surface area (Å²) in [6.45, 7) is 7.94. The van der Waals surface area contributed by atoms with Crippen LogP contribution >= 0.6 is 0 Å². The number of hydrogen-bond acceptors (Lipinski definition) is 5. The minimum Gasteiger partial charge on any atom is -0.493 e. The number of rotatable bonds is 8. The highest BCUT2D eigenvalue weighted by Gasteiger charge is 2.22. The quantitative estimate of drug-likeness (QED) is 0.626. The van der Waals surface area contributed by atoms with Gasteiger partial charge in [0.05, 0.1) is 13.0 Å². The fourth-order valence-corrected chi connectivity index (χ4v) is 3.42. The lowest BCUT2D eigenvalue weighted by Gasteiger charge is -2.34. The van der Waals surface area contributed by atoms with Crippen LogP contribution in [-0.2, 0) is 20.9 Å². The van der Waals surface area contributed by atoms with E-state index < -0.39 is 5.97 Å². The zero-order valence-corrected chi connectivity index (χ0v) is 17.8. The summed E-state index contributed by atoms with van der Waals surface area (Å²) < 4.78 is 10.6. The van der Waals surface area contributed by atoms with Gasteiger partial charge in [-0.1, -0.05) is 47.5 Å². The van der Waals surface area contributed by atoms with Crippen LogP contribution in [0.5, 0.6) is 5.75 Å². The normalized spacial score (nSPS) is 14.4. The fraction of sp³-hybridized carbons (Fsp3) is 0.417. The molecule has 1 saturated heterocycles. The van der Waals surface area contributed by atoms with Crippen molar-refractivity contribution in [3.8, 4) is 5.75 Å². The molecule has 1 heterocycles. The molecule has 0 atom stereocenters. The lowest BCUT2D eigenvalue weighted by Crippen LogP contribution is -2.49. The number of piperazine rings is 1. The third kappa shape index (κ3) is 6.88. The van der Waals surface area contributed by atoms with E-state index in [1.165, 1.54) is 11.1 Å². The average Bonchev–Trinajstić information content (AvgIpc) is 2.74. The first-order valence-electron chi connectivity index (χ1n) is 10.4. The molecule has 6 heteroatoms. The Bertz CT molecular complexity index is 843. The molecule has 160 valence electrons. The van der Waals surface area contributed by atoms with E-state index in [0.29, 0.717) is 18.8 Å². The Morgan fingerprint density at radius 1 is 0.933 bits per heavy atom. The van der Waals surface area contributed by atoms with Gasteiger partial charge in [0, 0.05) is 32.7 Å². The van der Waals surface area contributed by atoms with Gasteiger partial charge in [-0.3, -0.25) is 14.5 Å². The second-order valence-corrected chi connectivity index (χ2v) is 7.72. The molecule has 0 spiro atoms. The second-order valence-electron chi connectivity index (χ2n) is 7.72. The molecule has 0 aliphatic carbocycles. The molecule has 6 nitrogen and oxygen atoms in total. The first kappa shape index (κ1) is 21.8. The van der Waals surface area contributed by atoms with Crippen molar-refractivity contribution in [2.24, 2.45) is 0 Å². The molecule has 0 N–H and O–H groups in total. The van der Waals surface area contributed by atoms with Crippen LogP contribution in [0, 0.1) is 13.8 Å². The summed E-state index contributed by atoms with van der Waals surface area (Å²) in [6.07, 6.45) is 0.116. The van der Waals surface area contributed by atoms with Crippen LogP contribution in [0.1, 0.15) is 23.1 Å². The van der Waals surface area contributed by atoms with Gasteiger partial charge in [-0.05, 0) is 31.5 Å². The molecule has 2 aromatic rings. The molecule has 0 unspecified atom stereocenters. The van der Waals surface area contributed by atoms with E-state index in [0.717, 1.165) is 25.2 Å². The van der Waals surface area contributed by atoms with E-state index in [4.69, 9.17) is 9.47 Å². The van der Waals surface area contributed by atoms with Gasteiger partial charge in [0.1, 0.15) is 5.75 Å². The van der Waals surface area contributed by atoms with Crippen LogP contribution in [0.15, 0.2) is 48.5 Å². The molecule has 2 aromatic carbocycles. The van der Waals surface area contributed by atoms with Gasteiger partial charge in [-0.2, -0.15) is 0 Å². The lowest BCUT2D eigenvalue weighted by molar-refractivity contribution is -0.153. The van der Waals surface area contributed by atoms with Crippen LogP contribution in [0.3, 0.4) is 0 Å². The topological polar surface area (TPSA) is 59.1 Å². The lowest BCUT2D eigenvalue weighted by atomic mass is 10.1. The van der Waals surface area contributed by atoms with Crippen molar-refractivity contribution in [2.75, 3.05) is 39.4 Å². The summed E-state index contributed by atoms with van der Waals surface area (Å²) in [5.74, 6) is 0.152. The zero-order chi connectivity index (χ0) is 21.3. The average molecular weight is 411 g/mol. The third-order valence-corrected chi connectivity index (χ3v) is 5.17. The minimum absolute atomic E-state index is 0.116. The minimum atomic E-state index is -0.423. The molecule has 0 radical (unpaired) electrons. The molecule has 0 saturated carbocycles. The van der Waals surface area contributed by atoms with Crippen molar-refractivity contribution >= 4 is 11.9 Å². The molecule has 0 aromatic heterocycles. The zero-order valence-electron chi connectivity index (χ0n) is 17.8. The smallest absolute Gasteiger partial charge is 0.309 e. The number of carbonyl (C=O) groups is 2. The van der Waals surface area contributed by atoms with Gasteiger partial charge in [-0.15, -0.1) is 0 Å². The molecule has 30 heavy (non-hydrogen) atoms. The van der Waals surface area contributed by atoms with E-state index in [-0.39, 0.29) is 25.5 Å². The molecule has 0 bridgehead atoms. The number of amides is 1. The number of benzene rings is 2. The third-order valence-electron chi connectivity index (χ3n) is 5.17. The molecule has 3 rings (SSSR count). The number of ether oxygens (including phenoxy) is 2. The fourth-order valence-electron chi connectivity index (χ4n) is 3.42. The summed E-state index contributed by atoms with van der Waals surface area (Å²) in [4.78, 5) is 28.3. The van der Waals surface area contributed by atoms with Gasteiger partial charge in [-0.25, -0.2) is 0 Å². The van der Waals surface area contributed by atoms with E-state index in [2.05, 4.69) is 36.1 Å². The van der Waals surface area contributed by atoms with E-state index in [1.54, 1.807) is 4.90 Å². The predicted molar refractivity (Wildman–Crippen MR) is 115 cm³/mol. The maximum Gasteiger partial charge on any atom is 0.309 e. The predicted octanol–water partition coefficient (Wildman–Crippen LogP) is 2.96. The largest absolute Gasteiger partial charge is 0.493 e. The maximum absolute atomic E-state index is 12.3. The van der Waals surface area contributed by atoms with Gasteiger partial charge < -0.3 is 14.4 Å². The highest BCUT2D eigenvalue weighted by atomic mass is 16.5. The highest BCUT2D eigenvalue weighted by molar-refractivity contribution is 5.80. The van der Waals surface area contributed by atoms with Gasteiger partial charge in [0.25, 0.3) is 5.91 Å². The second kappa shape index (κ2) is 10.8. The van der Waals surface area contributed by atoms with Crippen molar-refractivity contribution < 1.29 is 19.1 Å².